The van der Waals surface area contributed by atoms with Gasteiger partial charge in [0, 0.05) is 5.69 Å². The molecule has 0 saturated carbocycles. The Hall–Kier alpha value is -3.26. The molecule has 0 radical (unpaired) electrons. The number of ether oxygens (including phenoxy) is 2. The van der Waals surface area contributed by atoms with E-state index in [9.17, 15) is 10.1 Å². The lowest BCUT2D eigenvalue weighted by atomic mass is 10.1. The number of aryl methyl sites for hydroxylation is 1. The maximum absolute atomic E-state index is 12.4. The summed E-state index contributed by atoms with van der Waals surface area (Å²) in [6.07, 6.45) is 3.54. The van der Waals surface area contributed by atoms with Crippen LogP contribution in [0.15, 0.2) is 48.0 Å². The van der Waals surface area contributed by atoms with Gasteiger partial charge in [0.05, 0.1) is 13.7 Å². The van der Waals surface area contributed by atoms with Crippen molar-refractivity contribution in [2.75, 3.05) is 19.0 Å². The second-order valence-corrected chi connectivity index (χ2v) is 6.05. The number of carbonyl (C=O) groups excluding carboxylic acids is 1. The van der Waals surface area contributed by atoms with Gasteiger partial charge >= 0.3 is 0 Å². The lowest BCUT2D eigenvalue weighted by Gasteiger charge is -2.11. The normalized spacial score (nSPS) is 10.8. The van der Waals surface area contributed by atoms with E-state index in [4.69, 9.17) is 9.47 Å². The minimum Gasteiger partial charge on any atom is -0.493 e. The fourth-order valence-electron chi connectivity index (χ4n) is 2.44. The van der Waals surface area contributed by atoms with E-state index in [1.165, 1.54) is 6.08 Å². The van der Waals surface area contributed by atoms with Gasteiger partial charge in [-0.25, -0.2) is 0 Å². The Labute approximate surface area is 160 Å². The van der Waals surface area contributed by atoms with Crippen LogP contribution in [0.3, 0.4) is 0 Å². The summed E-state index contributed by atoms with van der Waals surface area (Å²) in [6.45, 7) is 4.61. The number of hydrogen-bond acceptors (Lipinski definition) is 4. The summed E-state index contributed by atoms with van der Waals surface area (Å²) in [5.41, 5.74) is 2.31. The van der Waals surface area contributed by atoms with Gasteiger partial charge in [0.25, 0.3) is 5.91 Å². The number of carbonyl (C=O) groups is 1. The zero-order valence-electron chi connectivity index (χ0n) is 15.9. The highest BCUT2D eigenvalue weighted by atomic mass is 16.5. The van der Waals surface area contributed by atoms with Gasteiger partial charge in [0.15, 0.2) is 11.5 Å². The second kappa shape index (κ2) is 10.0. The van der Waals surface area contributed by atoms with Crippen LogP contribution in [0.2, 0.25) is 0 Å². The number of rotatable bonds is 8. The maximum atomic E-state index is 12.4. The first kappa shape index (κ1) is 20.1. The average Bonchev–Trinajstić information content (AvgIpc) is 2.68. The molecule has 2 rings (SSSR count). The molecule has 0 aliphatic rings. The smallest absolute Gasteiger partial charge is 0.266 e. The number of nitrogens with one attached hydrogen (secondary N) is 1. The molecule has 0 bridgehead atoms. The molecule has 0 aliphatic heterocycles. The van der Waals surface area contributed by atoms with Gasteiger partial charge in [0.1, 0.15) is 11.6 Å². The molecule has 140 valence electrons. The molecule has 0 heterocycles. The number of amides is 1. The summed E-state index contributed by atoms with van der Waals surface area (Å²) in [6, 6.07) is 14.7. The molecule has 0 spiro atoms. The van der Waals surface area contributed by atoms with Crippen molar-refractivity contribution in [3.05, 3.63) is 59.2 Å². The maximum Gasteiger partial charge on any atom is 0.266 e. The topological polar surface area (TPSA) is 71.3 Å². The predicted molar refractivity (Wildman–Crippen MR) is 107 cm³/mol. The Bertz CT molecular complexity index is 866. The van der Waals surface area contributed by atoms with Crippen molar-refractivity contribution in [2.24, 2.45) is 0 Å². The van der Waals surface area contributed by atoms with Crippen LogP contribution in [0.4, 0.5) is 5.69 Å². The van der Waals surface area contributed by atoms with Gasteiger partial charge < -0.3 is 14.8 Å². The highest BCUT2D eigenvalue weighted by Crippen LogP contribution is 2.29. The van der Waals surface area contributed by atoms with Crippen LogP contribution < -0.4 is 14.8 Å². The Balaban J connectivity index is 2.20. The predicted octanol–water partition coefficient (Wildman–Crippen LogP) is 4.73. The SMILES string of the molecule is CCCCOc1ccc(/C=C(\C#N)C(=O)Nc2ccccc2C)cc1OC. The largest absolute Gasteiger partial charge is 0.493 e. The molecule has 5 nitrogen and oxygen atoms in total. The van der Waals surface area contributed by atoms with E-state index < -0.39 is 5.91 Å². The number of benzene rings is 2. The fourth-order valence-corrected chi connectivity index (χ4v) is 2.44. The Morgan fingerprint density at radius 2 is 2.00 bits per heavy atom. The molecule has 0 atom stereocenters. The molecule has 0 fully saturated rings. The zero-order valence-corrected chi connectivity index (χ0v) is 15.9. The molecule has 0 aromatic heterocycles. The van der Waals surface area contributed by atoms with E-state index in [1.54, 1.807) is 31.4 Å². The molecule has 2 aromatic rings. The molecule has 0 saturated heterocycles. The van der Waals surface area contributed by atoms with Gasteiger partial charge in [-0.3, -0.25) is 4.79 Å². The standard InChI is InChI=1S/C22H24N2O3/c1-4-5-12-27-20-11-10-17(14-21(20)26-3)13-18(15-23)22(25)24-19-9-7-6-8-16(19)2/h6-11,13-14H,4-5,12H2,1-3H3,(H,24,25)/b18-13+. The molecule has 0 aliphatic carbocycles. The van der Waals surface area contributed by atoms with Crippen LogP contribution >= 0.6 is 0 Å². The van der Waals surface area contributed by atoms with Crippen molar-refractivity contribution in [3.8, 4) is 17.6 Å². The molecule has 1 amide bonds. The molecule has 27 heavy (non-hydrogen) atoms. The van der Waals surface area contributed by atoms with E-state index in [2.05, 4.69) is 12.2 Å². The number of unbranched alkanes of at least 4 members (excludes halogenated alkanes) is 1. The van der Waals surface area contributed by atoms with Crippen molar-refractivity contribution in [1.29, 1.82) is 5.26 Å². The van der Waals surface area contributed by atoms with Crippen LogP contribution in [0.5, 0.6) is 11.5 Å². The number of methoxy groups -OCH3 is 1. The number of para-hydroxylation sites is 1. The summed E-state index contributed by atoms with van der Waals surface area (Å²) in [4.78, 5) is 12.4. The van der Waals surface area contributed by atoms with E-state index in [0.717, 1.165) is 18.4 Å². The van der Waals surface area contributed by atoms with Gasteiger partial charge in [0.2, 0.25) is 0 Å². The van der Waals surface area contributed by atoms with Gasteiger partial charge in [-0.05, 0) is 48.7 Å². The minimum atomic E-state index is -0.450. The van der Waals surface area contributed by atoms with Gasteiger partial charge in [-0.1, -0.05) is 37.6 Å². The van der Waals surface area contributed by atoms with Gasteiger partial charge in [-0.2, -0.15) is 5.26 Å². The lowest BCUT2D eigenvalue weighted by Crippen LogP contribution is -2.14. The third kappa shape index (κ3) is 5.61. The molecule has 2 aromatic carbocycles. The van der Waals surface area contributed by atoms with E-state index in [-0.39, 0.29) is 5.57 Å². The first-order valence-electron chi connectivity index (χ1n) is 8.88. The van der Waals surface area contributed by atoms with Crippen molar-refractivity contribution in [1.82, 2.24) is 0 Å². The summed E-state index contributed by atoms with van der Waals surface area (Å²) < 4.78 is 11.1. The Morgan fingerprint density at radius 3 is 2.67 bits per heavy atom. The van der Waals surface area contributed by atoms with Crippen LogP contribution in [0, 0.1) is 18.3 Å². The van der Waals surface area contributed by atoms with Crippen molar-refractivity contribution in [3.63, 3.8) is 0 Å². The van der Waals surface area contributed by atoms with E-state index in [1.807, 2.05) is 31.2 Å². The van der Waals surface area contributed by atoms with Crippen LogP contribution in [0.25, 0.3) is 6.08 Å². The quantitative estimate of drug-likeness (QED) is 0.418. The Morgan fingerprint density at radius 1 is 1.22 bits per heavy atom. The Kier molecular flexibility index (Phi) is 7.45. The second-order valence-electron chi connectivity index (χ2n) is 6.05. The van der Waals surface area contributed by atoms with Crippen molar-refractivity contribution in [2.45, 2.75) is 26.7 Å². The molecular weight excluding hydrogens is 340 g/mol. The zero-order chi connectivity index (χ0) is 19.6. The summed E-state index contributed by atoms with van der Waals surface area (Å²) in [7, 11) is 1.56. The highest BCUT2D eigenvalue weighted by molar-refractivity contribution is 6.10. The summed E-state index contributed by atoms with van der Waals surface area (Å²) in [5.74, 6) is 0.761. The van der Waals surface area contributed by atoms with Crippen LogP contribution in [0.1, 0.15) is 30.9 Å². The minimum absolute atomic E-state index is 0.0138. The third-order valence-corrected chi connectivity index (χ3v) is 4.01. The molecule has 5 heteroatoms. The molecular formula is C22H24N2O3. The van der Waals surface area contributed by atoms with E-state index in [0.29, 0.717) is 29.4 Å². The van der Waals surface area contributed by atoms with Crippen LogP contribution in [-0.4, -0.2) is 19.6 Å². The van der Waals surface area contributed by atoms with Crippen LogP contribution in [-0.2, 0) is 4.79 Å². The molecule has 1 N–H and O–H groups in total. The van der Waals surface area contributed by atoms with Gasteiger partial charge in [-0.15, -0.1) is 0 Å². The summed E-state index contributed by atoms with van der Waals surface area (Å²) in [5, 5.41) is 12.2. The number of hydrogen-bond donors (Lipinski definition) is 1. The summed E-state index contributed by atoms with van der Waals surface area (Å²) >= 11 is 0. The first-order valence-corrected chi connectivity index (χ1v) is 8.88. The molecule has 0 unspecified atom stereocenters. The van der Waals surface area contributed by atoms with E-state index >= 15 is 0 Å². The first-order chi connectivity index (χ1) is 13.1. The third-order valence-electron chi connectivity index (χ3n) is 4.01. The monoisotopic (exact) mass is 364 g/mol. The highest BCUT2D eigenvalue weighted by Gasteiger charge is 2.12. The van der Waals surface area contributed by atoms with Crippen molar-refractivity contribution < 1.29 is 14.3 Å². The number of nitrogens with zero attached hydrogens (tertiary/aromatic N) is 1. The average molecular weight is 364 g/mol. The number of nitriles is 1. The fraction of sp³-hybridized carbons (Fsp3) is 0.273. The van der Waals surface area contributed by atoms with Crippen molar-refractivity contribution >= 4 is 17.7 Å². The lowest BCUT2D eigenvalue weighted by molar-refractivity contribution is -0.112. The number of anilines is 1.